The van der Waals surface area contributed by atoms with Crippen LogP contribution < -0.4 is 25.6 Å². The van der Waals surface area contributed by atoms with Gasteiger partial charge in [-0.25, -0.2) is 0 Å². The number of benzene rings is 3. The van der Waals surface area contributed by atoms with E-state index in [1.165, 1.54) is 18.2 Å². The van der Waals surface area contributed by atoms with E-state index in [9.17, 15) is 19.7 Å². The molecule has 3 N–H and O–H groups in total. The first-order chi connectivity index (χ1) is 16.4. The Bertz CT molecular complexity index is 1170. The van der Waals surface area contributed by atoms with Crippen LogP contribution in [0.15, 0.2) is 78.9 Å². The van der Waals surface area contributed by atoms with Crippen molar-refractivity contribution in [3.8, 4) is 11.5 Å². The quantitative estimate of drug-likeness (QED) is 0.194. The number of nitrogens with zero attached hydrogens (tertiary/aromatic N) is 1. The van der Waals surface area contributed by atoms with Crippen molar-refractivity contribution in [2.75, 3.05) is 13.2 Å². The fourth-order valence-electron chi connectivity index (χ4n) is 2.69. The maximum absolute atomic E-state index is 12.3. The topological polar surface area (TPSA) is 132 Å². The van der Waals surface area contributed by atoms with Gasteiger partial charge in [-0.15, -0.1) is 0 Å². The zero-order valence-corrected chi connectivity index (χ0v) is 18.5. The normalized spacial score (nSPS) is 10.0. The molecule has 3 aromatic rings. The zero-order valence-electron chi connectivity index (χ0n) is 17.7. The van der Waals surface area contributed by atoms with Gasteiger partial charge >= 0.3 is 0 Å². The van der Waals surface area contributed by atoms with Crippen molar-refractivity contribution < 1.29 is 24.0 Å². The minimum atomic E-state index is -0.655. The molecular formula is C23H20N4O6S. The van der Waals surface area contributed by atoms with E-state index in [4.69, 9.17) is 21.7 Å². The van der Waals surface area contributed by atoms with Crippen molar-refractivity contribution in [3.63, 3.8) is 0 Å². The van der Waals surface area contributed by atoms with E-state index in [1.807, 2.05) is 30.3 Å². The molecule has 0 aromatic heterocycles. The SMILES string of the molecule is O=C(NNC(=S)NC(=O)c1ccc(OCCOc2ccccc2)cc1)c1cccc([N+](=O)[O-])c1. The van der Waals surface area contributed by atoms with Gasteiger partial charge in [-0.3, -0.25) is 35.9 Å². The number of nitro benzene ring substituents is 1. The molecule has 0 saturated carbocycles. The number of hydrazine groups is 1. The van der Waals surface area contributed by atoms with E-state index in [1.54, 1.807) is 24.3 Å². The van der Waals surface area contributed by atoms with E-state index >= 15 is 0 Å². The van der Waals surface area contributed by atoms with Crippen molar-refractivity contribution in [2.24, 2.45) is 0 Å². The predicted octanol–water partition coefficient (Wildman–Crippen LogP) is 3.00. The Morgan fingerprint density at radius 1 is 0.794 bits per heavy atom. The first-order valence-corrected chi connectivity index (χ1v) is 10.4. The van der Waals surface area contributed by atoms with Gasteiger partial charge in [0.15, 0.2) is 5.11 Å². The molecule has 11 heteroatoms. The summed E-state index contributed by atoms with van der Waals surface area (Å²) in [7, 11) is 0. The summed E-state index contributed by atoms with van der Waals surface area (Å²) in [5.74, 6) is 0.168. The molecule has 34 heavy (non-hydrogen) atoms. The molecule has 10 nitrogen and oxygen atoms in total. The molecule has 0 unspecified atom stereocenters. The summed E-state index contributed by atoms with van der Waals surface area (Å²) in [6.45, 7) is 0.701. The molecule has 0 aliphatic heterocycles. The first-order valence-electron chi connectivity index (χ1n) is 9.99. The molecule has 0 bridgehead atoms. The monoisotopic (exact) mass is 480 g/mol. The highest BCUT2D eigenvalue weighted by Crippen LogP contribution is 2.14. The fraction of sp³-hybridized carbons (Fsp3) is 0.0870. The van der Waals surface area contributed by atoms with Gasteiger partial charge < -0.3 is 9.47 Å². The van der Waals surface area contributed by atoms with Crippen molar-refractivity contribution in [2.45, 2.75) is 0 Å². The van der Waals surface area contributed by atoms with Gasteiger partial charge in [0, 0.05) is 23.3 Å². The van der Waals surface area contributed by atoms with Crippen molar-refractivity contribution in [1.29, 1.82) is 0 Å². The standard InChI is InChI=1S/C23H20N4O6S/c28-21(24-23(34)26-25-22(29)17-5-4-6-18(15-17)27(30)31)16-9-11-20(12-10-16)33-14-13-32-19-7-2-1-3-8-19/h1-12,15H,13-14H2,(H,25,29)(H2,24,26,28,34). The summed E-state index contributed by atoms with van der Waals surface area (Å²) in [6, 6.07) is 21.0. The number of carbonyl (C=O) groups excluding carboxylic acids is 2. The van der Waals surface area contributed by atoms with Gasteiger partial charge in [-0.2, -0.15) is 0 Å². The number of para-hydroxylation sites is 1. The molecule has 0 heterocycles. The van der Waals surface area contributed by atoms with Crippen LogP contribution in [0.5, 0.6) is 11.5 Å². The second-order valence-corrected chi connectivity index (χ2v) is 7.11. The Morgan fingerprint density at radius 3 is 2.09 bits per heavy atom. The Labute approximate surface area is 200 Å². The predicted molar refractivity (Wildman–Crippen MR) is 128 cm³/mol. The van der Waals surface area contributed by atoms with Crippen LogP contribution in [0, 0.1) is 10.1 Å². The summed E-state index contributed by atoms with van der Waals surface area (Å²) >= 11 is 5.00. The van der Waals surface area contributed by atoms with Crippen LogP contribution in [0.2, 0.25) is 0 Å². The van der Waals surface area contributed by atoms with Crippen LogP contribution >= 0.6 is 12.2 Å². The molecule has 2 amide bonds. The number of nitro groups is 1. The summed E-state index contributed by atoms with van der Waals surface area (Å²) in [5, 5.41) is 13.1. The molecule has 0 fully saturated rings. The van der Waals surface area contributed by atoms with E-state index < -0.39 is 16.7 Å². The summed E-state index contributed by atoms with van der Waals surface area (Å²) < 4.78 is 11.1. The summed E-state index contributed by atoms with van der Waals surface area (Å²) in [4.78, 5) is 34.7. The number of amides is 2. The highest BCUT2D eigenvalue weighted by atomic mass is 32.1. The Morgan fingerprint density at radius 2 is 1.44 bits per heavy atom. The zero-order chi connectivity index (χ0) is 24.3. The molecule has 0 atom stereocenters. The largest absolute Gasteiger partial charge is 0.490 e. The van der Waals surface area contributed by atoms with Gasteiger partial charge in [0.05, 0.1) is 4.92 Å². The summed E-state index contributed by atoms with van der Waals surface area (Å²) in [6.07, 6.45) is 0. The van der Waals surface area contributed by atoms with E-state index in [-0.39, 0.29) is 16.4 Å². The van der Waals surface area contributed by atoms with E-state index in [2.05, 4.69) is 16.2 Å². The van der Waals surface area contributed by atoms with Crippen LogP contribution in [0.3, 0.4) is 0 Å². The Balaban J connectivity index is 1.41. The maximum atomic E-state index is 12.3. The number of hydrogen-bond donors (Lipinski definition) is 3. The second kappa shape index (κ2) is 11.9. The lowest BCUT2D eigenvalue weighted by molar-refractivity contribution is -0.384. The lowest BCUT2D eigenvalue weighted by atomic mass is 10.2. The van der Waals surface area contributed by atoms with Crippen molar-refractivity contribution in [3.05, 3.63) is 100 Å². The van der Waals surface area contributed by atoms with Crippen molar-refractivity contribution in [1.82, 2.24) is 16.2 Å². The lowest BCUT2D eigenvalue weighted by Gasteiger charge is -2.11. The Kier molecular flexibility index (Phi) is 8.47. The number of non-ortho nitro benzene ring substituents is 1. The molecule has 0 radical (unpaired) electrons. The molecule has 0 aliphatic carbocycles. The number of carbonyl (C=O) groups is 2. The molecule has 0 saturated heterocycles. The molecule has 174 valence electrons. The smallest absolute Gasteiger partial charge is 0.270 e. The van der Waals surface area contributed by atoms with Gasteiger partial charge in [-0.05, 0) is 54.7 Å². The third-order valence-electron chi connectivity index (χ3n) is 4.32. The van der Waals surface area contributed by atoms with Crippen LogP contribution in [0.1, 0.15) is 20.7 Å². The maximum Gasteiger partial charge on any atom is 0.270 e. The average molecular weight is 481 g/mol. The van der Waals surface area contributed by atoms with Gasteiger partial charge in [0.2, 0.25) is 0 Å². The van der Waals surface area contributed by atoms with Crippen LogP contribution in [-0.2, 0) is 0 Å². The minimum Gasteiger partial charge on any atom is -0.490 e. The van der Waals surface area contributed by atoms with E-state index in [0.717, 1.165) is 11.8 Å². The molecule has 0 aliphatic rings. The van der Waals surface area contributed by atoms with E-state index in [0.29, 0.717) is 24.5 Å². The minimum absolute atomic E-state index is 0.0561. The number of rotatable bonds is 8. The first kappa shape index (κ1) is 24.1. The second-order valence-electron chi connectivity index (χ2n) is 6.70. The number of ether oxygens (including phenoxy) is 2. The molecule has 3 aromatic carbocycles. The molecule has 0 spiro atoms. The number of hydrogen-bond acceptors (Lipinski definition) is 7. The van der Waals surface area contributed by atoms with Crippen LogP contribution in [0.4, 0.5) is 5.69 Å². The summed E-state index contributed by atoms with van der Waals surface area (Å²) in [5.41, 5.74) is 4.81. The van der Waals surface area contributed by atoms with Crippen LogP contribution in [0.25, 0.3) is 0 Å². The van der Waals surface area contributed by atoms with Crippen LogP contribution in [-0.4, -0.2) is 35.1 Å². The third-order valence-corrected chi connectivity index (χ3v) is 4.52. The highest BCUT2D eigenvalue weighted by Gasteiger charge is 2.13. The third kappa shape index (κ3) is 7.28. The lowest BCUT2D eigenvalue weighted by Crippen LogP contribution is -2.48. The highest BCUT2D eigenvalue weighted by molar-refractivity contribution is 7.80. The van der Waals surface area contributed by atoms with Gasteiger partial charge in [0.25, 0.3) is 17.5 Å². The van der Waals surface area contributed by atoms with Gasteiger partial charge in [-0.1, -0.05) is 24.3 Å². The fourth-order valence-corrected chi connectivity index (χ4v) is 2.83. The average Bonchev–Trinajstić information content (AvgIpc) is 2.86. The molecule has 3 rings (SSSR count). The number of thiocarbonyl (C=S) groups is 1. The Hall–Kier alpha value is -4.51. The number of nitrogens with one attached hydrogen (secondary N) is 3. The van der Waals surface area contributed by atoms with Gasteiger partial charge in [0.1, 0.15) is 24.7 Å². The van der Waals surface area contributed by atoms with Crippen molar-refractivity contribution >= 4 is 34.8 Å². The molecular weight excluding hydrogens is 460 g/mol.